The number of rotatable bonds is 4. The van der Waals surface area contributed by atoms with Crippen LogP contribution >= 0.6 is 0 Å². The lowest BCUT2D eigenvalue weighted by Gasteiger charge is -2.17. The second kappa shape index (κ2) is 5.25. The van der Waals surface area contributed by atoms with E-state index in [2.05, 4.69) is 10.3 Å². The molecule has 0 aliphatic heterocycles. The van der Waals surface area contributed by atoms with E-state index >= 15 is 0 Å². The van der Waals surface area contributed by atoms with Crippen molar-refractivity contribution in [3.8, 4) is 0 Å². The molecule has 2 atom stereocenters. The molecule has 1 saturated carbocycles. The molecule has 0 saturated heterocycles. The van der Waals surface area contributed by atoms with Gasteiger partial charge in [0.05, 0.1) is 0 Å². The van der Waals surface area contributed by atoms with Crippen LogP contribution < -0.4 is 5.32 Å². The summed E-state index contributed by atoms with van der Waals surface area (Å²) in [4.78, 5) is 3.74. The fourth-order valence-electron chi connectivity index (χ4n) is 2.37. The molecule has 0 radical (unpaired) electrons. The van der Waals surface area contributed by atoms with Crippen molar-refractivity contribution >= 4 is 5.82 Å². The summed E-state index contributed by atoms with van der Waals surface area (Å²) < 4.78 is 12.8. The molecule has 1 aromatic rings. The summed E-state index contributed by atoms with van der Waals surface area (Å²) in [5.74, 6) is 0.981. The molecule has 1 fully saturated rings. The highest BCUT2D eigenvalue weighted by molar-refractivity contribution is 5.33. The van der Waals surface area contributed by atoms with Crippen LogP contribution in [0, 0.1) is 17.8 Å². The zero-order valence-electron chi connectivity index (χ0n) is 9.19. The summed E-state index contributed by atoms with van der Waals surface area (Å²) >= 11 is 0. The fourth-order valence-corrected chi connectivity index (χ4v) is 2.37. The van der Waals surface area contributed by atoms with Gasteiger partial charge in [0.2, 0.25) is 5.95 Å². The molecule has 1 aliphatic rings. The SMILES string of the molecule is OCC1CCCC1CNc1cccc(F)n1. The van der Waals surface area contributed by atoms with E-state index in [1.807, 2.05) is 0 Å². The molecule has 0 spiro atoms. The average molecular weight is 224 g/mol. The van der Waals surface area contributed by atoms with Crippen molar-refractivity contribution in [1.29, 1.82) is 0 Å². The largest absolute Gasteiger partial charge is 0.396 e. The minimum atomic E-state index is -0.463. The van der Waals surface area contributed by atoms with Gasteiger partial charge in [0, 0.05) is 13.2 Å². The lowest BCUT2D eigenvalue weighted by Crippen LogP contribution is -2.21. The Labute approximate surface area is 94.7 Å². The maximum atomic E-state index is 12.8. The summed E-state index contributed by atoms with van der Waals surface area (Å²) in [5, 5.41) is 12.3. The van der Waals surface area contributed by atoms with Crippen LogP contribution in [-0.4, -0.2) is 23.2 Å². The quantitative estimate of drug-likeness (QED) is 0.769. The Balaban J connectivity index is 1.87. The van der Waals surface area contributed by atoms with Crippen LogP contribution in [0.1, 0.15) is 19.3 Å². The van der Waals surface area contributed by atoms with E-state index in [0.717, 1.165) is 19.4 Å². The molecule has 4 heteroatoms. The Kier molecular flexibility index (Phi) is 3.72. The second-order valence-electron chi connectivity index (χ2n) is 4.36. The number of hydrogen-bond donors (Lipinski definition) is 2. The number of aliphatic hydroxyl groups is 1. The Hall–Kier alpha value is -1.16. The first kappa shape index (κ1) is 11.3. The molecular formula is C12H17FN2O. The van der Waals surface area contributed by atoms with Crippen molar-refractivity contribution in [3.63, 3.8) is 0 Å². The van der Waals surface area contributed by atoms with Crippen LogP contribution in [0.25, 0.3) is 0 Å². The van der Waals surface area contributed by atoms with E-state index in [1.165, 1.54) is 12.5 Å². The number of pyridine rings is 1. The fraction of sp³-hybridized carbons (Fsp3) is 0.583. The van der Waals surface area contributed by atoms with Gasteiger partial charge < -0.3 is 10.4 Å². The molecular weight excluding hydrogens is 207 g/mol. The van der Waals surface area contributed by atoms with Crippen LogP contribution in [0.2, 0.25) is 0 Å². The average Bonchev–Trinajstić information content (AvgIpc) is 2.74. The molecule has 0 aromatic carbocycles. The third-order valence-electron chi connectivity index (χ3n) is 3.31. The molecule has 0 amide bonds. The van der Waals surface area contributed by atoms with Gasteiger partial charge in [-0.3, -0.25) is 0 Å². The Morgan fingerprint density at radius 2 is 2.19 bits per heavy atom. The van der Waals surface area contributed by atoms with Crippen LogP contribution in [0.3, 0.4) is 0 Å². The molecule has 2 N–H and O–H groups in total. The highest BCUT2D eigenvalue weighted by Gasteiger charge is 2.26. The number of nitrogens with zero attached hydrogens (tertiary/aromatic N) is 1. The molecule has 0 bridgehead atoms. The maximum Gasteiger partial charge on any atom is 0.214 e. The number of aliphatic hydroxyl groups excluding tert-OH is 1. The van der Waals surface area contributed by atoms with Crippen molar-refractivity contribution in [2.45, 2.75) is 19.3 Å². The summed E-state index contributed by atoms with van der Waals surface area (Å²) in [6, 6.07) is 4.73. The predicted molar refractivity (Wildman–Crippen MR) is 60.6 cm³/mol. The Bertz CT molecular complexity index is 346. The molecule has 2 rings (SSSR count). The molecule has 1 aliphatic carbocycles. The van der Waals surface area contributed by atoms with Gasteiger partial charge in [0.25, 0.3) is 0 Å². The number of aromatic nitrogens is 1. The number of nitrogens with one attached hydrogen (secondary N) is 1. The molecule has 88 valence electrons. The lowest BCUT2D eigenvalue weighted by molar-refractivity contribution is 0.199. The van der Waals surface area contributed by atoms with Crippen LogP contribution in [0.4, 0.5) is 10.2 Å². The van der Waals surface area contributed by atoms with Crippen LogP contribution in [0.5, 0.6) is 0 Å². The van der Waals surface area contributed by atoms with E-state index < -0.39 is 5.95 Å². The molecule has 2 unspecified atom stereocenters. The molecule has 16 heavy (non-hydrogen) atoms. The van der Waals surface area contributed by atoms with Gasteiger partial charge >= 0.3 is 0 Å². The van der Waals surface area contributed by atoms with Crippen molar-refractivity contribution < 1.29 is 9.50 Å². The van der Waals surface area contributed by atoms with Gasteiger partial charge in [0.15, 0.2) is 0 Å². The number of halogens is 1. The summed E-state index contributed by atoms with van der Waals surface area (Å²) in [6.07, 6.45) is 3.40. The first-order valence-electron chi connectivity index (χ1n) is 5.77. The minimum Gasteiger partial charge on any atom is -0.396 e. The van der Waals surface area contributed by atoms with E-state index in [9.17, 15) is 9.50 Å². The third kappa shape index (κ3) is 2.70. The van der Waals surface area contributed by atoms with Crippen LogP contribution in [0.15, 0.2) is 18.2 Å². The van der Waals surface area contributed by atoms with Crippen molar-refractivity contribution in [1.82, 2.24) is 4.98 Å². The van der Waals surface area contributed by atoms with Crippen molar-refractivity contribution in [3.05, 3.63) is 24.1 Å². The molecule has 1 aromatic heterocycles. The first-order valence-corrected chi connectivity index (χ1v) is 5.77. The Morgan fingerprint density at radius 1 is 1.38 bits per heavy atom. The molecule has 1 heterocycles. The third-order valence-corrected chi connectivity index (χ3v) is 3.31. The number of hydrogen-bond acceptors (Lipinski definition) is 3. The Morgan fingerprint density at radius 3 is 2.94 bits per heavy atom. The van der Waals surface area contributed by atoms with Gasteiger partial charge in [-0.25, -0.2) is 4.98 Å². The van der Waals surface area contributed by atoms with Gasteiger partial charge in [-0.2, -0.15) is 4.39 Å². The monoisotopic (exact) mass is 224 g/mol. The second-order valence-corrected chi connectivity index (χ2v) is 4.36. The normalized spacial score (nSPS) is 24.6. The summed E-state index contributed by atoms with van der Waals surface area (Å²) in [5.41, 5.74) is 0. The smallest absolute Gasteiger partial charge is 0.214 e. The summed E-state index contributed by atoms with van der Waals surface area (Å²) in [7, 11) is 0. The van der Waals surface area contributed by atoms with E-state index in [1.54, 1.807) is 12.1 Å². The van der Waals surface area contributed by atoms with Gasteiger partial charge in [-0.1, -0.05) is 12.5 Å². The van der Waals surface area contributed by atoms with Crippen LogP contribution in [-0.2, 0) is 0 Å². The highest BCUT2D eigenvalue weighted by Crippen LogP contribution is 2.31. The van der Waals surface area contributed by atoms with E-state index in [4.69, 9.17) is 0 Å². The maximum absolute atomic E-state index is 12.8. The van der Waals surface area contributed by atoms with E-state index in [-0.39, 0.29) is 6.61 Å². The highest BCUT2D eigenvalue weighted by atomic mass is 19.1. The van der Waals surface area contributed by atoms with Crippen molar-refractivity contribution in [2.24, 2.45) is 11.8 Å². The topological polar surface area (TPSA) is 45.1 Å². The van der Waals surface area contributed by atoms with E-state index in [0.29, 0.717) is 17.7 Å². The summed E-state index contributed by atoms with van der Waals surface area (Å²) in [6.45, 7) is 1.02. The zero-order chi connectivity index (χ0) is 11.4. The number of anilines is 1. The van der Waals surface area contributed by atoms with Gasteiger partial charge in [0.1, 0.15) is 5.82 Å². The predicted octanol–water partition coefficient (Wildman–Crippen LogP) is 2.04. The standard InChI is InChI=1S/C12H17FN2O/c13-11-5-2-6-12(15-11)14-7-9-3-1-4-10(9)8-16/h2,5-6,9-10,16H,1,3-4,7-8H2,(H,14,15). The lowest BCUT2D eigenvalue weighted by atomic mass is 9.97. The minimum absolute atomic E-state index is 0.253. The zero-order valence-corrected chi connectivity index (χ0v) is 9.19. The van der Waals surface area contributed by atoms with Gasteiger partial charge in [-0.15, -0.1) is 0 Å². The van der Waals surface area contributed by atoms with Gasteiger partial charge in [-0.05, 0) is 36.8 Å². The first-order chi connectivity index (χ1) is 7.79. The molecule has 3 nitrogen and oxygen atoms in total. The van der Waals surface area contributed by atoms with Crippen molar-refractivity contribution in [2.75, 3.05) is 18.5 Å².